The zero-order valence-electron chi connectivity index (χ0n) is 16.4. The van der Waals surface area contributed by atoms with Crippen LogP contribution in [-0.2, 0) is 16.6 Å². The lowest BCUT2D eigenvalue weighted by atomic mass is 10.1. The first-order valence-corrected chi connectivity index (χ1v) is 11.5. The Hall–Kier alpha value is -2.75. The highest BCUT2D eigenvalue weighted by molar-refractivity contribution is 7.89. The van der Waals surface area contributed by atoms with Gasteiger partial charge < -0.3 is 15.0 Å². The molecular weight excluding hydrogens is 402 g/mol. The van der Waals surface area contributed by atoms with Crippen LogP contribution < -0.4 is 10.6 Å². The summed E-state index contributed by atoms with van der Waals surface area (Å²) in [6.07, 6.45) is 6.11. The molecule has 3 aromatic rings. The molecule has 0 radical (unpaired) electrons. The minimum atomic E-state index is -3.50. The van der Waals surface area contributed by atoms with Crippen molar-refractivity contribution in [2.24, 2.45) is 5.92 Å². The van der Waals surface area contributed by atoms with Crippen LogP contribution >= 0.6 is 0 Å². The summed E-state index contributed by atoms with van der Waals surface area (Å²) in [5.74, 6) is 0.218. The highest BCUT2D eigenvalue weighted by Crippen LogP contribution is 2.32. The number of carbonyl (C=O) groups is 1. The van der Waals surface area contributed by atoms with Crippen LogP contribution in [0.1, 0.15) is 22.3 Å². The van der Waals surface area contributed by atoms with Gasteiger partial charge in [0.15, 0.2) is 0 Å². The number of carbonyl (C=O) groups excluding carboxylic acids is 1. The summed E-state index contributed by atoms with van der Waals surface area (Å²) < 4.78 is 29.5. The lowest BCUT2D eigenvalue weighted by molar-refractivity contribution is 0.0950. The Balaban J connectivity index is 1.25. The van der Waals surface area contributed by atoms with E-state index in [-0.39, 0.29) is 11.9 Å². The van der Waals surface area contributed by atoms with E-state index in [1.54, 1.807) is 63.7 Å². The Morgan fingerprint density at radius 1 is 1.17 bits per heavy atom. The minimum Gasteiger partial charge on any atom is -0.348 e. The quantitative estimate of drug-likeness (QED) is 0.641. The molecule has 2 unspecified atom stereocenters. The highest BCUT2D eigenvalue weighted by Gasteiger charge is 2.43. The standard InChI is InChI=1S/C21H23N5O3S/c27-21(17-3-6-20-23-8-10-25(20)14-17)24-11-15-1-4-18(5-2-15)30(28,29)26-9-7-16-12-22-13-19(16)26/h1-6,8,10,14,16,19,22H,7,9,11-13H2,(H,24,27). The van der Waals surface area contributed by atoms with Gasteiger partial charge in [-0.2, -0.15) is 4.31 Å². The fourth-order valence-electron chi connectivity index (χ4n) is 4.36. The number of imidazole rings is 1. The van der Waals surface area contributed by atoms with Crippen molar-refractivity contribution in [2.75, 3.05) is 19.6 Å². The van der Waals surface area contributed by atoms with Gasteiger partial charge >= 0.3 is 0 Å². The molecule has 30 heavy (non-hydrogen) atoms. The smallest absolute Gasteiger partial charge is 0.253 e. The van der Waals surface area contributed by atoms with E-state index in [0.29, 0.717) is 29.5 Å². The van der Waals surface area contributed by atoms with E-state index in [1.165, 1.54) is 0 Å². The lowest BCUT2D eigenvalue weighted by Gasteiger charge is -2.22. The van der Waals surface area contributed by atoms with Crippen LogP contribution in [0.4, 0.5) is 0 Å². The van der Waals surface area contributed by atoms with Crippen LogP contribution in [0.5, 0.6) is 0 Å². The second-order valence-electron chi connectivity index (χ2n) is 7.83. The highest BCUT2D eigenvalue weighted by atomic mass is 32.2. The van der Waals surface area contributed by atoms with E-state index >= 15 is 0 Å². The molecule has 5 rings (SSSR count). The van der Waals surface area contributed by atoms with Crippen molar-refractivity contribution in [2.45, 2.75) is 23.9 Å². The Morgan fingerprint density at radius 2 is 2.00 bits per heavy atom. The Bertz CT molecular complexity index is 1190. The molecule has 2 atom stereocenters. The summed E-state index contributed by atoms with van der Waals surface area (Å²) in [7, 11) is -3.50. The number of nitrogens with zero attached hydrogens (tertiary/aromatic N) is 3. The summed E-state index contributed by atoms with van der Waals surface area (Å²) in [5, 5.41) is 6.16. The molecule has 2 saturated heterocycles. The molecule has 2 N–H and O–H groups in total. The number of sulfonamides is 1. The SMILES string of the molecule is O=C(NCc1ccc(S(=O)(=O)N2CCC3CNCC32)cc1)c1ccc2nccn2c1. The van der Waals surface area contributed by atoms with Crippen molar-refractivity contribution < 1.29 is 13.2 Å². The van der Waals surface area contributed by atoms with Crippen LogP contribution in [0.25, 0.3) is 5.65 Å². The molecule has 4 heterocycles. The van der Waals surface area contributed by atoms with Crippen molar-refractivity contribution in [3.05, 3.63) is 66.1 Å². The fourth-order valence-corrected chi connectivity index (χ4v) is 6.06. The summed E-state index contributed by atoms with van der Waals surface area (Å²) in [6.45, 7) is 2.51. The first-order valence-electron chi connectivity index (χ1n) is 10.0. The molecule has 0 saturated carbocycles. The molecule has 1 amide bonds. The fraction of sp³-hybridized carbons (Fsp3) is 0.333. The van der Waals surface area contributed by atoms with Crippen LogP contribution in [0, 0.1) is 5.92 Å². The summed E-state index contributed by atoms with van der Waals surface area (Å²) in [5.41, 5.74) is 2.15. The summed E-state index contributed by atoms with van der Waals surface area (Å²) >= 11 is 0. The van der Waals surface area contributed by atoms with E-state index in [9.17, 15) is 13.2 Å². The first-order chi connectivity index (χ1) is 14.5. The molecule has 2 aliphatic heterocycles. The van der Waals surface area contributed by atoms with Gasteiger partial charge in [-0.3, -0.25) is 4.79 Å². The normalized spacial score (nSPS) is 21.7. The van der Waals surface area contributed by atoms with Crippen molar-refractivity contribution >= 4 is 21.6 Å². The number of pyridine rings is 1. The van der Waals surface area contributed by atoms with Gasteiger partial charge in [0.05, 0.1) is 10.5 Å². The van der Waals surface area contributed by atoms with E-state index in [1.807, 2.05) is 0 Å². The first kappa shape index (κ1) is 19.2. The average Bonchev–Trinajstić information content (AvgIpc) is 3.48. The average molecular weight is 426 g/mol. The number of amides is 1. The molecular formula is C21H23N5O3S. The predicted octanol–water partition coefficient (Wildman–Crippen LogP) is 1.25. The Labute approximate surface area is 175 Å². The van der Waals surface area contributed by atoms with E-state index in [4.69, 9.17) is 0 Å². The molecule has 0 aliphatic carbocycles. The largest absolute Gasteiger partial charge is 0.348 e. The maximum absolute atomic E-state index is 13.0. The van der Waals surface area contributed by atoms with Gasteiger partial charge in [-0.15, -0.1) is 0 Å². The van der Waals surface area contributed by atoms with Crippen LogP contribution in [0.2, 0.25) is 0 Å². The Kier molecular flexibility index (Phi) is 4.80. The van der Waals surface area contributed by atoms with Gasteiger partial charge in [-0.25, -0.2) is 13.4 Å². The molecule has 9 heteroatoms. The number of fused-ring (bicyclic) bond motifs is 2. The lowest BCUT2D eigenvalue weighted by Crippen LogP contribution is -2.39. The maximum Gasteiger partial charge on any atom is 0.253 e. The molecule has 2 aliphatic rings. The van der Waals surface area contributed by atoms with Gasteiger partial charge in [-0.05, 0) is 48.7 Å². The van der Waals surface area contributed by atoms with Crippen molar-refractivity contribution in [1.29, 1.82) is 0 Å². The van der Waals surface area contributed by atoms with Gasteiger partial charge in [0.25, 0.3) is 5.91 Å². The molecule has 0 bridgehead atoms. The van der Waals surface area contributed by atoms with Crippen molar-refractivity contribution in [3.63, 3.8) is 0 Å². The van der Waals surface area contributed by atoms with E-state index in [2.05, 4.69) is 15.6 Å². The zero-order valence-corrected chi connectivity index (χ0v) is 17.2. The van der Waals surface area contributed by atoms with Crippen LogP contribution in [0.3, 0.4) is 0 Å². The molecule has 156 valence electrons. The Morgan fingerprint density at radius 3 is 2.83 bits per heavy atom. The third-order valence-corrected chi connectivity index (χ3v) is 7.97. The van der Waals surface area contributed by atoms with Gasteiger partial charge in [-0.1, -0.05) is 12.1 Å². The number of benzene rings is 1. The zero-order chi connectivity index (χ0) is 20.7. The van der Waals surface area contributed by atoms with Crippen LogP contribution in [-0.4, -0.2) is 53.7 Å². The molecule has 2 fully saturated rings. The summed E-state index contributed by atoms with van der Waals surface area (Å²) in [6, 6.07) is 10.3. The van der Waals surface area contributed by atoms with Crippen molar-refractivity contribution in [3.8, 4) is 0 Å². The molecule has 1 aromatic carbocycles. The summed E-state index contributed by atoms with van der Waals surface area (Å²) in [4.78, 5) is 16.9. The number of aromatic nitrogens is 2. The molecule has 0 spiro atoms. The number of hydrogen-bond donors (Lipinski definition) is 2. The third kappa shape index (κ3) is 3.38. The molecule has 2 aromatic heterocycles. The van der Waals surface area contributed by atoms with Gasteiger partial charge in [0.1, 0.15) is 5.65 Å². The van der Waals surface area contributed by atoms with E-state index in [0.717, 1.165) is 30.7 Å². The monoisotopic (exact) mass is 425 g/mol. The number of rotatable bonds is 5. The van der Waals surface area contributed by atoms with Gasteiger partial charge in [0.2, 0.25) is 10.0 Å². The topological polar surface area (TPSA) is 95.8 Å². The van der Waals surface area contributed by atoms with E-state index < -0.39 is 10.0 Å². The molecule has 8 nitrogen and oxygen atoms in total. The predicted molar refractivity (Wildman–Crippen MR) is 111 cm³/mol. The number of hydrogen-bond acceptors (Lipinski definition) is 5. The second-order valence-corrected chi connectivity index (χ2v) is 9.72. The second kappa shape index (κ2) is 7.50. The number of nitrogens with one attached hydrogen (secondary N) is 2. The minimum absolute atomic E-state index is 0.0572. The maximum atomic E-state index is 13.0. The van der Waals surface area contributed by atoms with Crippen LogP contribution in [0.15, 0.2) is 59.9 Å². The van der Waals surface area contributed by atoms with Gasteiger partial charge in [0, 0.05) is 44.3 Å². The third-order valence-electron chi connectivity index (χ3n) is 6.03. The van der Waals surface area contributed by atoms with Crippen molar-refractivity contribution in [1.82, 2.24) is 24.3 Å².